The molecule has 3 nitrogen and oxygen atoms in total. The zero-order chi connectivity index (χ0) is 10.7. The molecule has 3 N–H and O–H groups in total. The zero-order valence-corrected chi connectivity index (χ0v) is 9.14. The molecule has 0 heterocycles. The summed E-state index contributed by atoms with van der Waals surface area (Å²) in [6.07, 6.45) is -0.507. The topological polar surface area (TPSA) is 59.1 Å². The molecule has 1 atom stereocenters. The number of nitrogens with two attached hydrogens (primary N) is 1. The first-order chi connectivity index (χ1) is 6.50. The quantitative estimate of drug-likeness (QED) is 0.647. The van der Waals surface area contributed by atoms with Gasteiger partial charge in [0.1, 0.15) is 17.4 Å². The Labute approximate surface area is 89.7 Å². The minimum Gasteiger partial charge on any atom is -0.483 e. The molecule has 0 amide bonds. The van der Waals surface area contributed by atoms with Crippen molar-refractivity contribution in [3.8, 4) is 5.75 Å². The number of ether oxygens (including phenoxy) is 1. The molecule has 1 unspecified atom stereocenters. The van der Waals surface area contributed by atoms with Crippen molar-refractivity contribution >= 4 is 21.8 Å². The van der Waals surface area contributed by atoms with Gasteiger partial charge in [-0.25, -0.2) is 4.39 Å². The average Bonchev–Trinajstić information content (AvgIpc) is 2.11. The second kappa shape index (κ2) is 4.41. The molecule has 1 rings (SSSR count). The smallest absolute Gasteiger partial charge is 0.152 e. The lowest BCUT2D eigenvalue weighted by atomic mass is 10.3. The van der Waals surface area contributed by atoms with Crippen LogP contribution in [0.4, 0.5) is 4.39 Å². The van der Waals surface area contributed by atoms with Gasteiger partial charge in [-0.15, -0.1) is 0 Å². The van der Waals surface area contributed by atoms with E-state index >= 15 is 0 Å². The molecule has 0 aliphatic heterocycles. The summed E-state index contributed by atoms with van der Waals surface area (Å²) < 4.78 is 18.4. The van der Waals surface area contributed by atoms with Crippen molar-refractivity contribution in [1.82, 2.24) is 0 Å². The maximum absolute atomic E-state index is 12.8. The summed E-state index contributed by atoms with van der Waals surface area (Å²) >= 11 is 3.03. The third-order valence-electron chi connectivity index (χ3n) is 1.64. The molecular weight excluding hydrogens is 251 g/mol. The van der Waals surface area contributed by atoms with E-state index in [2.05, 4.69) is 15.9 Å². The van der Waals surface area contributed by atoms with Crippen LogP contribution < -0.4 is 10.5 Å². The van der Waals surface area contributed by atoms with Gasteiger partial charge >= 0.3 is 0 Å². The average molecular weight is 261 g/mol. The number of hydrogen-bond donors (Lipinski definition) is 2. The highest BCUT2D eigenvalue weighted by Crippen LogP contribution is 2.22. The SMILES string of the molecule is CC(Oc1ccc(F)c(Br)c1)C(=N)N. The molecule has 1 aromatic carbocycles. The Bertz CT molecular complexity index is 357. The summed E-state index contributed by atoms with van der Waals surface area (Å²) in [4.78, 5) is 0. The van der Waals surface area contributed by atoms with Gasteiger partial charge < -0.3 is 10.5 Å². The van der Waals surface area contributed by atoms with Gasteiger partial charge in [0.05, 0.1) is 4.47 Å². The van der Waals surface area contributed by atoms with Crippen molar-refractivity contribution in [2.24, 2.45) is 5.73 Å². The second-order valence-electron chi connectivity index (χ2n) is 2.79. The minimum atomic E-state index is -0.507. The summed E-state index contributed by atoms with van der Waals surface area (Å²) in [7, 11) is 0. The molecule has 14 heavy (non-hydrogen) atoms. The van der Waals surface area contributed by atoms with Gasteiger partial charge in [0.15, 0.2) is 6.10 Å². The molecule has 76 valence electrons. The molecule has 1 aromatic rings. The summed E-state index contributed by atoms with van der Waals surface area (Å²) in [5.41, 5.74) is 5.22. The van der Waals surface area contributed by atoms with E-state index in [1.54, 1.807) is 6.92 Å². The largest absolute Gasteiger partial charge is 0.483 e. The first-order valence-electron chi connectivity index (χ1n) is 3.96. The Kier molecular flexibility index (Phi) is 3.46. The Morgan fingerprint density at radius 1 is 1.64 bits per heavy atom. The monoisotopic (exact) mass is 260 g/mol. The first-order valence-corrected chi connectivity index (χ1v) is 4.75. The number of rotatable bonds is 3. The van der Waals surface area contributed by atoms with Crippen molar-refractivity contribution in [2.75, 3.05) is 0 Å². The molecule has 5 heteroatoms. The third kappa shape index (κ3) is 2.70. The third-order valence-corrected chi connectivity index (χ3v) is 2.25. The van der Waals surface area contributed by atoms with Gasteiger partial charge in [0.2, 0.25) is 0 Å². The van der Waals surface area contributed by atoms with E-state index in [-0.39, 0.29) is 11.7 Å². The van der Waals surface area contributed by atoms with Crippen LogP contribution in [0.25, 0.3) is 0 Å². The fourth-order valence-corrected chi connectivity index (χ4v) is 1.18. The van der Waals surface area contributed by atoms with Gasteiger partial charge in [-0.1, -0.05) is 0 Å². The maximum atomic E-state index is 12.8. The number of amidine groups is 1. The Morgan fingerprint density at radius 3 is 2.79 bits per heavy atom. The molecule has 0 aromatic heterocycles. The van der Waals surface area contributed by atoms with E-state index in [9.17, 15) is 4.39 Å². The van der Waals surface area contributed by atoms with Gasteiger partial charge in [-0.05, 0) is 41.1 Å². The summed E-state index contributed by atoms with van der Waals surface area (Å²) in [6.45, 7) is 1.65. The van der Waals surface area contributed by atoms with E-state index in [0.29, 0.717) is 10.2 Å². The predicted octanol–water partition coefficient (Wildman–Crippen LogP) is 2.29. The lowest BCUT2D eigenvalue weighted by molar-refractivity contribution is 0.284. The van der Waals surface area contributed by atoms with Crippen LogP contribution in [0, 0.1) is 11.2 Å². The van der Waals surface area contributed by atoms with Gasteiger partial charge in [-0.3, -0.25) is 5.41 Å². The molecule has 0 radical (unpaired) electrons. The van der Waals surface area contributed by atoms with Crippen LogP contribution in [0.1, 0.15) is 6.92 Å². The van der Waals surface area contributed by atoms with Crippen molar-refractivity contribution in [3.63, 3.8) is 0 Å². The standard InChI is InChI=1S/C9H10BrFN2O/c1-5(9(12)13)14-6-2-3-8(11)7(10)4-6/h2-5H,1H3,(H3,12,13). The highest BCUT2D eigenvalue weighted by Gasteiger charge is 2.08. The van der Waals surface area contributed by atoms with Crippen LogP contribution in [0.3, 0.4) is 0 Å². The number of halogens is 2. The number of benzene rings is 1. The predicted molar refractivity (Wildman–Crippen MR) is 56.1 cm³/mol. The molecule has 0 spiro atoms. The van der Waals surface area contributed by atoms with E-state index < -0.39 is 6.10 Å². The van der Waals surface area contributed by atoms with Crippen molar-refractivity contribution in [2.45, 2.75) is 13.0 Å². The van der Waals surface area contributed by atoms with Gasteiger partial charge in [0, 0.05) is 0 Å². The fourth-order valence-electron chi connectivity index (χ4n) is 0.818. The minimum absolute atomic E-state index is 0.0644. The zero-order valence-electron chi connectivity index (χ0n) is 7.55. The first kappa shape index (κ1) is 11.0. The van der Waals surface area contributed by atoms with Gasteiger partial charge in [-0.2, -0.15) is 0 Å². The fraction of sp³-hybridized carbons (Fsp3) is 0.222. The highest BCUT2D eigenvalue weighted by molar-refractivity contribution is 9.10. The number of hydrogen-bond acceptors (Lipinski definition) is 2. The Hall–Kier alpha value is -1.10. The van der Waals surface area contributed by atoms with Crippen LogP contribution in [-0.2, 0) is 0 Å². The van der Waals surface area contributed by atoms with Crippen molar-refractivity contribution in [1.29, 1.82) is 5.41 Å². The Morgan fingerprint density at radius 2 is 2.29 bits per heavy atom. The summed E-state index contributed by atoms with van der Waals surface area (Å²) in [6, 6.07) is 4.26. The second-order valence-corrected chi connectivity index (χ2v) is 3.65. The molecule has 0 saturated carbocycles. The molecule has 0 bridgehead atoms. The molecule has 0 fully saturated rings. The highest BCUT2D eigenvalue weighted by atomic mass is 79.9. The molecular formula is C9H10BrFN2O. The van der Waals surface area contributed by atoms with Crippen molar-refractivity contribution in [3.05, 3.63) is 28.5 Å². The van der Waals surface area contributed by atoms with Crippen LogP contribution in [0.2, 0.25) is 0 Å². The maximum Gasteiger partial charge on any atom is 0.152 e. The van der Waals surface area contributed by atoms with E-state index in [1.165, 1.54) is 18.2 Å². The van der Waals surface area contributed by atoms with Crippen LogP contribution in [0.15, 0.2) is 22.7 Å². The lowest BCUT2D eigenvalue weighted by Crippen LogP contribution is -2.29. The molecule has 0 aliphatic carbocycles. The van der Waals surface area contributed by atoms with E-state index in [1.807, 2.05) is 0 Å². The summed E-state index contributed by atoms with van der Waals surface area (Å²) in [5.74, 6) is 0.0549. The normalized spacial score (nSPS) is 12.2. The van der Waals surface area contributed by atoms with E-state index in [0.717, 1.165) is 0 Å². The molecule has 0 saturated heterocycles. The van der Waals surface area contributed by atoms with E-state index in [4.69, 9.17) is 15.9 Å². The lowest BCUT2D eigenvalue weighted by Gasteiger charge is -2.13. The van der Waals surface area contributed by atoms with Crippen LogP contribution in [-0.4, -0.2) is 11.9 Å². The number of nitrogens with one attached hydrogen (secondary N) is 1. The van der Waals surface area contributed by atoms with Crippen LogP contribution in [0.5, 0.6) is 5.75 Å². The summed E-state index contributed by atoms with van der Waals surface area (Å²) in [5, 5.41) is 7.11. The van der Waals surface area contributed by atoms with Crippen molar-refractivity contribution < 1.29 is 9.13 Å². The van der Waals surface area contributed by atoms with Gasteiger partial charge in [0.25, 0.3) is 0 Å². The Balaban J connectivity index is 2.78. The van der Waals surface area contributed by atoms with Crippen LogP contribution >= 0.6 is 15.9 Å². The molecule has 0 aliphatic rings.